The standard InChI is InChI=1S/C20H27N3O.C2H6.CH4O/c1-5-22(15-17(3)21-24)20(19-9-7-6-8-10-19)18(4)23-13-11-16(2)12-14-23;2*1-2/h5-10,15-16,20H,1,4,11-14H2,2-3H3;1-2H3;2H,1H3/p+1. The molecule has 0 bridgehead atoms. The van der Waals surface area contributed by atoms with Crippen LogP contribution in [0.15, 0.2) is 60.5 Å². The van der Waals surface area contributed by atoms with E-state index in [-0.39, 0.29) is 6.04 Å². The maximum absolute atomic E-state index is 9.01. The number of rotatable bonds is 6. The van der Waals surface area contributed by atoms with Gasteiger partial charge in [-0.3, -0.25) is 0 Å². The summed E-state index contributed by atoms with van der Waals surface area (Å²) in [7, 11) is 1.00. The first-order valence-electron chi connectivity index (χ1n) is 9.93. The molecule has 0 spiro atoms. The van der Waals surface area contributed by atoms with Gasteiger partial charge in [0.25, 0.3) is 0 Å². The minimum absolute atomic E-state index is 0.0613. The highest BCUT2D eigenvalue weighted by atomic mass is 16.4. The van der Waals surface area contributed by atoms with Crippen LogP contribution in [0.4, 0.5) is 0 Å². The van der Waals surface area contributed by atoms with Crippen LogP contribution < -0.4 is 0 Å². The third-order valence-electron chi connectivity index (χ3n) is 4.62. The van der Waals surface area contributed by atoms with Gasteiger partial charge in [-0.2, -0.15) is 4.58 Å². The van der Waals surface area contributed by atoms with E-state index in [0.717, 1.165) is 37.4 Å². The molecule has 5 nitrogen and oxygen atoms in total. The first-order valence-corrected chi connectivity index (χ1v) is 9.93. The zero-order chi connectivity index (χ0) is 21.5. The maximum Gasteiger partial charge on any atom is 0.222 e. The summed E-state index contributed by atoms with van der Waals surface area (Å²) in [5.74, 6) is 0.773. The molecule has 1 aromatic carbocycles. The quantitative estimate of drug-likeness (QED) is 0.322. The molecule has 0 radical (unpaired) electrons. The van der Waals surface area contributed by atoms with Gasteiger partial charge in [0.2, 0.25) is 6.04 Å². The van der Waals surface area contributed by atoms with Crippen molar-refractivity contribution in [2.45, 2.75) is 46.6 Å². The van der Waals surface area contributed by atoms with Crippen LogP contribution in [0.1, 0.15) is 52.1 Å². The Bertz CT molecular complexity index is 631. The molecule has 0 aliphatic carbocycles. The zero-order valence-corrected chi connectivity index (χ0v) is 18.2. The van der Waals surface area contributed by atoms with E-state index < -0.39 is 0 Å². The molecule has 0 aromatic heterocycles. The van der Waals surface area contributed by atoms with Crippen LogP contribution in [-0.2, 0) is 0 Å². The van der Waals surface area contributed by atoms with Crippen molar-refractivity contribution in [3.8, 4) is 0 Å². The van der Waals surface area contributed by atoms with Crippen molar-refractivity contribution >= 4 is 11.9 Å². The normalized spacial score (nSPS) is 16.1. The van der Waals surface area contributed by atoms with E-state index in [4.69, 9.17) is 10.3 Å². The van der Waals surface area contributed by atoms with Crippen LogP contribution in [0.5, 0.6) is 0 Å². The summed E-state index contributed by atoms with van der Waals surface area (Å²) >= 11 is 0. The summed E-state index contributed by atoms with van der Waals surface area (Å²) in [6, 6.07) is 10.2. The predicted molar refractivity (Wildman–Crippen MR) is 119 cm³/mol. The molecule has 1 unspecified atom stereocenters. The minimum Gasteiger partial charge on any atom is -0.410 e. The fourth-order valence-electron chi connectivity index (χ4n) is 3.11. The molecule has 5 heteroatoms. The van der Waals surface area contributed by atoms with Gasteiger partial charge in [0.1, 0.15) is 5.71 Å². The smallest absolute Gasteiger partial charge is 0.222 e. The van der Waals surface area contributed by atoms with Crippen molar-refractivity contribution in [1.82, 2.24) is 4.90 Å². The van der Waals surface area contributed by atoms with Gasteiger partial charge in [-0.1, -0.05) is 62.8 Å². The van der Waals surface area contributed by atoms with E-state index in [9.17, 15) is 0 Å². The molecule has 1 aromatic rings. The molecule has 1 aliphatic rings. The lowest BCUT2D eigenvalue weighted by atomic mass is 9.96. The van der Waals surface area contributed by atoms with Crippen LogP contribution >= 0.6 is 0 Å². The number of benzene rings is 1. The number of hydrogen-bond donors (Lipinski definition) is 2. The van der Waals surface area contributed by atoms with E-state index in [2.05, 4.69) is 42.3 Å². The van der Waals surface area contributed by atoms with Gasteiger partial charge < -0.3 is 15.2 Å². The highest BCUT2D eigenvalue weighted by Crippen LogP contribution is 2.30. The van der Waals surface area contributed by atoms with Gasteiger partial charge in [0.05, 0.1) is 5.70 Å². The number of aliphatic hydroxyl groups excluding tert-OH is 1. The highest BCUT2D eigenvalue weighted by molar-refractivity contribution is 6.27. The average molecular weight is 389 g/mol. The summed E-state index contributed by atoms with van der Waals surface area (Å²) in [4.78, 5) is 2.37. The Kier molecular flexibility index (Phi) is 13.4. The summed E-state index contributed by atoms with van der Waals surface area (Å²) in [6.07, 6.45) is 5.93. The van der Waals surface area contributed by atoms with Crippen LogP contribution in [0, 0.1) is 5.92 Å². The summed E-state index contributed by atoms with van der Waals surface area (Å²) in [5, 5.41) is 19.3. The van der Waals surface area contributed by atoms with E-state index in [1.807, 2.05) is 36.6 Å². The molecule has 1 heterocycles. The summed E-state index contributed by atoms with van der Waals surface area (Å²) in [5.41, 5.74) is 2.72. The number of piperidine rings is 1. The number of aliphatic hydroxyl groups is 1. The third kappa shape index (κ3) is 7.69. The lowest BCUT2D eigenvalue weighted by molar-refractivity contribution is -0.492. The van der Waals surface area contributed by atoms with Crippen molar-refractivity contribution in [3.63, 3.8) is 0 Å². The van der Waals surface area contributed by atoms with Crippen molar-refractivity contribution in [2.75, 3.05) is 20.2 Å². The summed E-state index contributed by atoms with van der Waals surface area (Å²) in [6.45, 7) is 18.4. The average Bonchev–Trinajstić information content (AvgIpc) is 2.77. The highest BCUT2D eigenvalue weighted by Gasteiger charge is 2.30. The molecule has 2 N–H and O–H groups in total. The topological polar surface area (TPSA) is 59.1 Å². The van der Waals surface area contributed by atoms with Gasteiger partial charge in [0.15, 0.2) is 12.4 Å². The predicted octanol–water partition coefficient (Wildman–Crippen LogP) is 4.68. The zero-order valence-electron chi connectivity index (χ0n) is 18.2. The Labute approximate surface area is 171 Å². The van der Waals surface area contributed by atoms with Crippen molar-refractivity contribution in [3.05, 3.63) is 61.0 Å². The molecular weight excluding hydrogens is 350 g/mol. The Morgan fingerprint density at radius 1 is 1.21 bits per heavy atom. The third-order valence-corrected chi connectivity index (χ3v) is 4.62. The second-order valence-electron chi connectivity index (χ2n) is 6.47. The number of likely N-dealkylation sites (tertiary alicyclic amines) is 1. The van der Waals surface area contributed by atoms with Crippen molar-refractivity contribution in [2.24, 2.45) is 11.1 Å². The molecule has 1 saturated heterocycles. The van der Waals surface area contributed by atoms with E-state index >= 15 is 0 Å². The number of nitrogens with zero attached hydrogens (tertiary/aromatic N) is 3. The fraction of sp³-hybridized carbons (Fsp3) is 0.478. The van der Waals surface area contributed by atoms with Gasteiger partial charge >= 0.3 is 0 Å². The van der Waals surface area contributed by atoms with E-state index in [1.54, 1.807) is 19.3 Å². The molecule has 28 heavy (non-hydrogen) atoms. The second-order valence-corrected chi connectivity index (χ2v) is 6.47. The number of oxime groups is 1. The Balaban J connectivity index is 0.00000171. The van der Waals surface area contributed by atoms with Gasteiger partial charge in [-0.25, -0.2) is 0 Å². The van der Waals surface area contributed by atoms with Gasteiger partial charge in [-0.05, 0) is 32.3 Å². The summed E-state index contributed by atoms with van der Waals surface area (Å²) < 4.78 is 1.96. The first-order chi connectivity index (χ1) is 13.6. The van der Waals surface area contributed by atoms with Crippen molar-refractivity contribution in [1.29, 1.82) is 0 Å². The molecule has 1 atom stereocenters. The largest absolute Gasteiger partial charge is 0.410 e. The first kappa shape index (κ1) is 25.6. The molecule has 1 aliphatic heterocycles. The number of hydrogen-bond acceptors (Lipinski definition) is 4. The lowest BCUT2D eigenvalue weighted by Gasteiger charge is -2.35. The monoisotopic (exact) mass is 388 g/mol. The van der Waals surface area contributed by atoms with Gasteiger partial charge in [0, 0.05) is 25.8 Å². The Morgan fingerprint density at radius 2 is 1.75 bits per heavy atom. The molecule has 0 amide bonds. The molecule has 156 valence electrons. The van der Waals surface area contributed by atoms with Gasteiger partial charge in [-0.15, -0.1) is 0 Å². The van der Waals surface area contributed by atoms with Crippen LogP contribution in [-0.4, -0.2) is 51.9 Å². The second kappa shape index (κ2) is 14.6. The molecular formula is C23H38N3O2+. The van der Waals surface area contributed by atoms with E-state index in [0.29, 0.717) is 5.71 Å². The minimum atomic E-state index is -0.0613. The fourth-order valence-corrected chi connectivity index (χ4v) is 3.11. The molecule has 2 rings (SSSR count). The maximum atomic E-state index is 9.01. The SMILES string of the molecule is C=C[N+](=C/C(C)=N\O)C(C(=C)N1CCC(C)CC1)c1ccccc1.CC.CO. The van der Waals surface area contributed by atoms with Crippen LogP contribution in [0.2, 0.25) is 0 Å². The van der Waals surface area contributed by atoms with E-state index in [1.165, 1.54) is 12.8 Å². The van der Waals surface area contributed by atoms with Crippen LogP contribution in [0.25, 0.3) is 0 Å². The molecule has 0 saturated carbocycles. The Hall–Kier alpha value is -2.40. The lowest BCUT2D eigenvalue weighted by Crippen LogP contribution is -2.36. The van der Waals surface area contributed by atoms with Crippen LogP contribution in [0.3, 0.4) is 0 Å². The molecule has 1 fully saturated rings. The van der Waals surface area contributed by atoms with Crippen molar-refractivity contribution < 1.29 is 14.9 Å². The Morgan fingerprint density at radius 3 is 2.21 bits per heavy atom.